The topological polar surface area (TPSA) is 64.1 Å². The number of nitrogens with zero attached hydrogens (tertiary/aromatic N) is 2. The molecule has 3 aromatic rings. The second kappa shape index (κ2) is 7.90. The van der Waals surface area contributed by atoms with E-state index in [9.17, 15) is 13.6 Å². The van der Waals surface area contributed by atoms with Crippen molar-refractivity contribution in [2.75, 3.05) is 11.9 Å². The molecule has 2 aromatic carbocycles. The number of hydrogen-bond acceptors (Lipinski definition) is 4. The maximum Gasteiger partial charge on any atom is 0.262 e. The average Bonchev–Trinajstić information content (AvgIpc) is 2.62. The highest BCUT2D eigenvalue weighted by atomic mass is 19.1. The van der Waals surface area contributed by atoms with Crippen LogP contribution >= 0.6 is 0 Å². The number of hydrogen-bond donors (Lipinski definition) is 1. The molecule has 1 heterocycles. The summed E-state index contributed by atoms with van der Waals surface area (Å²) in [6.07, 6.45) is 0. The van der Waals surface area contributed by atoms with Crippen LogP contribution in [0.3, 0.4) is 0 Å². The van der Waals surface area contributed by atoms with Gasteiger partial charge in [-0.15, -0.1) is 0 Å². The summed E-state index contributed by atoms with van der Waals surface area (Å²) in [6.45, 7) is 3.40. The number of aromatic nitrogens is 2. The SMILES string of the molecule is Cc1ccc(-c2nc(C)cc(OCC(=O)Nc3ccc(F)cc3F)n2)cc1. The fraction of sp³-hybridized carbons (Fsp3) is 0.150. The number of aryl methyl sites for hydroxylation is 2. The highest BCUT2D eigenvalue weighted by Crippen LogP contribution is 2.20. The average molecular weight is 369 g/mol. The minimum Gasteiger partial charge on any atom is -0.467 e. The summed E-state index contributed by atoms with van der Waals surface area (Å²) >= 11 is 0. The van der Waals surface area contributed by atoms with E-state index in [0.717, 1.165) is 23.3 Å². The molecule has 1 N–H and O–H groups in total. The van der Waals surface area contributed by atoms with Crippen molar-refractivity contribution in [2.24, 2.45) is 0 Å². The summed E-state index contributed by atoms with van der Waals surface area (Å²) in [5.74, 6) is -1.46. The first-order valence-corrected chi connectivity index (χ1v) is 8.21. The molecule has 0 aliphatic rings. The highest BCUT2D eigenvalue weighted by Gasteiger charge is 2.11. The van der Waals surface area contributed by atoms with E-state index in [0.29, 0.717) is 17.6 Å². The van der Waals surface area contributed by atoms with Gasteiger partial charge in [0.05, 0.1) is 5.69 Å². The van der Waals surface area contributed by atoms with Crippen molar-refractivity contribution in [3.8, 4) is 17.3 Å². The third-order valence-corrected chi connectivity index (χ3v) is 3.70. The molecule has 138 valence electrons. The molecule has 7 heteroatoms. The smallest absolute Gasteiger partial charge is 0.262 e. The summed E-state index contributed by atoms with van der Waals surface area (Å²) in [5, 5.41) is 2.33. The Morgan fingerprint density at radius 1 is 1.04 bits per heavy atom. The van der Waals surface area contributed by atoms with Crippen molar-refractivity contribution >= 4 is 11.6 Å². The maximum absolute atomic E-state index is 13.6. The number of halogens is 2. The van der Waals surface area contributed by atoms with Gasteiger partial charge in [0.1, 0.15) is 11.6 Å². The van der Waals surface area contributed by atoms with Crippen molar-refractivity contribution in [1.29, 1.82) is 0 Å². The Labute approximate surface area is 155 Å². The molecule has 0 spiro atoms. The largest absolute Gasteiger partial charge is 0.467 e. The van der Waals surface area contributed by atoms with Gasteiger partial charge >= 0.3 is 0 Å². The van der Waals surface area contributed by atoms with Gasteiger partial charge < -0.3 is 10.1 Å². The monoisotopic (exact) mass is 369 g/mol. The zero-order valence-corrected chi connectivity index (χ0v) is 14.8. The lowest BCUT2D eigenvalue weighted by Gasteiger charge is -2.09. The number of benzene rings is 2. The molecular formula is C20H17F2N3O2. The molecule has 0 radical (unpaired) electrons. The predicted molar refractivity (Wildman–Crippen MR) is 97.4 cm³/mol. The van der Waals surface area contributed by atoms with Gasteiger partial charge in [-0.25, -0.2) is 13.8 Å². The lowest BCUT2D eigenvalue weighted by Crippen LogP contribution is -2.21. The van der Waals surface area contributed by atoms with Crippen LogP contribution in [0.5, 0.6) is 5.88 Å². The van der Waals surface area contributed by atoms with E-state index in [4.69, 9.17) is 4.74 Å². The number of carbonyl (C=O) groups excluding carboxylic acids is 1. The molecule has 1 aromatic heterocycles. The van der Waals surface area contributed by atoms with E-state index < -0.39 is 17.5 Å². The second-order valence-corrected chi connectivity index (χ2v) is 6.00. The summed E-state index contributed by atoms with van der Waals surface area (Å²) < 4.78 is 31.9. The molecule has 0 atom stereocenters. The lowest BCUT2D eigenvalue weighted by atomic mass is 10.1. The van der Waals surface area contributed by atoms with E-state index in [1.807, 2.05) is 31.2 Å². The number of anilines is 1. The third kappa shape index (κ3) is 4.84. The first kappa shape index (κ1) is 18.4. The van der Waals surface area contributed by atoms with Gasteiger partial charge in [-0.05, 0) is 26.0 Å². The zero-order valence-electron chi connectivity index (χ0n) is 14.8. The van der Waals surface area contributed by atoms with Crippen LogP contribution in [0, 0.1) is 25.5 Å². The number of amides is 1. The number of nitrogens with one attached hydrogen (secondary N) is 1. The van der Waals surface area contributed by atoms with E-state index in [2.05, 4.69) is 15.3 Å². The van der Waals surface area contributed by atoms with Gasteiger partial charge in [0.2, 0.25) is 5.88 Å². The molecule has 0 fully saturated rings. The van der Waals surface area contributed by atoms with Crippen LogP contribution in [-0.2, 0) is 4.79 Å². The van der Waals surface area contributed by atoms with E-state index in [1.54, 1.807) is 13.0 Å². The Kier molecular flexibility index (Phi) is 5.40. The lowest BCUT2D eigenvalue weighted by molar-refractivity contribution is -0.118. The maximum atomic E-state index is 13.6. The fourth-order valence-electron chi connectivity index (χ4n) is 2.36. The van der Waals surface area contributed by atoms with Crippen molar-refractivity contribution < 1.29 is 18.3 Å². The van der Waals surface area contributed by atoms with Gasteiger partial charge in [-0.1, -0.05) is 29.8 Å². The molecule has 0 saturated carbocycles. The van der Waals surface area contributed by atoms with E-state index in [1.165, 1.54) is 0 Å². The molecule has 1 amide bonds. The standard InChI is InChI=1S/C20H17F2N3O2/c1-12-3-5-14(6-4-12)20-23-13(2)9-19(25-20)27-11-18(26)24-17-8-7-15(21)10-16(17)22/h3-10H,11H2,1-2H3,(H,24,26). The van der Waals surface area contributed by atoms with Crippen molar-refractivity contribution in [2.45, 2.75) is 13.8 Å². The molecule has 0 saturated heterocycles. The summed E-state index contributed by atoms with van der Waals surface area (Å²) in [6, 6.07) is 12.2. The van der Waals surface area contributed by atoms with Crippen LogP contribution < -0.4 is 10.1 Å². The van der Waals surface area contributed by atoms with E-state index >= 15 is 0 Å². The van der Waals surface area contributed by atoms with Crippen molar-refractivity contribution in [1.82, 2.24) is 9.97 Å². The highest BCUT2D eigenvalue weighted by molar-refractivity contribution is 5.91. The zero-order chi connectivity index (χ0) is 19.4. The summed E-state index contributed by atoms with van der Waals surface area (Å²) in [4.78, 5) is 20.6. The van der Waals surface area contributed by atoms with Gasteiger partial charge in [0.15, 0.2) is 12.4 Å². The number of rotatable bonds is 5. The Bertz CT molecular complexity index is 975. The summed E-state index contributed by atoms with van der Waals surface area (Å²) in [5.41, 5.74) is 2.50. The molecule has 5 nitrogen and oxygen atoms in total. The van der Waals surface area contributed by atoms with Crippen LogP contribution in [0.15, 0.2) is 48.5 Å². The Balaban J connectivity index is 1.68. The van der Waals surface area contributed by atoms with Gasteiger partial charge in [0.25, 0.3) is 5.91 Å². The van der Waals surface area contributed by atoms with Crippen molar-refractivity contribution in [3.63, 3.8) is 0 Å². The quantitative estimate of drug-likeness (QED) is 0.737. The number of ether oxygens (including phenoxy) is 1. The van der Waals surface area contributed by atoms with Gasteiger partial charge in [0, 0.05) is 23.4 Å². The minimum atomic E-state index is -0.858. The van der Waals surface area contributed by atoms with Crippen LogP contribution in [-0.4, -0.2) is 22.5 Å². The molecule has 0 unspecified atom stereocenters. The van der Waals surface area contributed by atoms with Gasteiger partial charge in [-0.2, -0.15) is 4.98 Å². The second-order valence-electron chi connectivity index (χ2n) is 6.00. The molecule has 27 heavy (non-hydrogen) atoms. The van der Waals surface area contributed by atoms with Crippen LogP contribution in [0.2, 0.25) is 0 Å². The van der Waals surface area contributed by atoms with E-state index in [-0.39, 0.29) is 18.2 Å². The first-order chi connectivity index (χ1) is 12.9. The third-order valence-electron chi connectivity index (χ3n) is 3.70. The van der Waals surface area contributed by atoms with Gasteiger partial charge in [-0.3, -0.25) is 4.79 Å². The predicted octanol–water partition coefficient (Wildman–Crippen LogP) is 4.06. The Morgan fingerprint density at radius 3 is 2.48 bits per heavy atom. The van der Waals surface area contributed by atoms with Crippen LogP contribution in [0.25, 0.3) is 11.4 Å². The molecule has 0 aliphatic heterocycles. The minimum absolute atomic E-state index is 0.121. The van der Waals surface area contributed by atoms with Crippen LogP contribution in [0.4, 0.5) is 14.5 Å². The first-order valence-electron chi connectivity index (χ1n) is 8.21. The molecule has 3 rings (SSSR count). The molecule has 0 bridgehead atoms. The van der Waals surface area contributed by atoms with Crippen molar-refractivity contribution in [3.05, 3.63) is 71.4 Å². The van der Waals surface area contributed by atoms with Crippen LogP contribution in [0.1, 0.15) is 11.3 Å². The Hall–Kier alpha value is -3.35. The molecule has 0 aliphatic carbocycles. The molecular weight excluding hydrogens is 352 g/mol. The Morgan fingerprint density at radius 2 is 1.78 bits per heavy atom. The fourth-order valence-corrected chi connectivity index (χ4v) is 2.36. The summed E-state index contributed by atoms with van der Waals surface area (Å²) in [7, 11) is 0. The number of carbonyl (C=O) groups is 1. The normalized spacial score (nSPS) is 10.5.